The van der Waals surface area contributed by atoms with Crippen molar-refractivity contribution in [1.82, 2.24) is 10.2 Å². The number of nitrogens with one attached hydrogen (secondary N) is 1. The quantitative estimate of drug-likeness (QED) is 0.300. The first-order chi connectivity index (χ1) is 19.2. The number of benzene rings is 3. The first-order valence-corrected chi connectivity index (χ1v) is 14.6. The fraction of sp³-hybridized carbons (Fsp3) is 0.310. The number of alkyl halides is 3. The fourth-order valence-corrected chi connectivity index (χ4v) is 5.64. The van der Waals surface area contributed by atoms with Crippen molar-refractivity contribution in [3.8, 4) is 0 Å². The third-order valence-electron chi connectivity index (χ3n) is 6.20. The topological polar surface area (TPSA) is 86.8 Å². The number of halogens is 4. The van der Waals surface area contributed by atoms with E-state index in [9.17, 15) is 31.2 Å². The molecule has 12 heteroatoms. The molecule has 1 atom stereocenters. The van der Waals surface area contributed by atoms with Gasteiger partial charge in [0.05, 0.1) is 21.2 Å². The monoisotopic (exact) mass is 609 g/mol. The molecule has 0 radical (unpaired) electrons. The molecule has 41 heavy (non-hydrogen) atoms. The standard InChI is InChI=1S/C29H31ClF3N3O4S/c1-20(2)17-34-28(38)21(3)35(18-22-10-6-4-7-11-22)27(37)19-36(41(39,40)24-12-8-5-9-13-24)26-16-23(29(31,32)33)14-15-25(26)30/h4-16,20-21H,17-19H2,1-3H3,(H,34,38). The van der Waals surface area contributed by atoms with Gasteiger partial charge in [0, 0.05) is 13.1 Å². The normalized spacial score (nSPS) is 12.6. The molecular formula is C29H31ClF3N3O4S. The maximum Gasteiger partial charge on any atom is 0.416 e. The Labute approximate surface area is 243 Å². The Bertz CT molecular complexity index is 1450. The van der Waals surface area contributed by atoms with Gasteiger partial charge in [-0.25, -0.2) is 8.42 Å². The summed E-state index contributed by atoms with van der Waals surface area (Å²) in [5.74, 6) is -1.13. The lowest BCUT2D eigenvalue weighted by Crippen LogP contribution is -2.51. The molecule has 0 spiro atoms. The second-order valence-electron chi connectivity index (χ2n) is 9.81. The zero-order valence-corrected chi connectivity index (χ0v) is 24.3. The summed E-state index contributed by atoms with van der Waals surface area (Å²) < 4.78 is 68.9. The Morgan fingerprint density at radius 3 is 2.07 bits per heavy atom. The molecule has 0 aliphatic heterocycles. The number of amides is 2. The van der Waals surface area contributed by atoms with Crippen LogP contribution in [-0.4, -0.2) is 44.3 Å². The van der Waals surface area contributed by atoms with Gasteiger partial charge in [-0.15, -0.1) is 0 Å². The van der Waals surface area contributed by atoms with Crippen molar-refractivity contribution in [3.05, 3.63) is 95.0 Å². The molecule has 0 fully saturated rings. The average molecular weight is 610 g/mol. The van der Waals surface area contributed by atoms with Gasteiger partial charge in [-0.3, -0.25) is 13.9 Å². The summed E-state index contributed by atoms with van der Waals surface area (Å²) in [4.78, 5) is 27.8. The Balaban J connectivity index is 2.09. The van der Waals surface area contributed by atoms with Crippen molar-refractivity contribution in [2.24, 2.45) is 5.92 Å². The van der Waals surface area contributed by atoms with Crippen LogP contribution in [0.4, 0.5) is 18.9 Å². The SMILES string of the molecule is CC(C)CNC(=O)C(C)N(Cc1ccccc1)C(=O)CN(c1cc(C(F)(F)F)ccc1Cl)S(=O)(=O)c1ccccc1. The van der Waals surface area contributed by atoms with E-state index in [0.29, 0.717) is 22.5 Å². The second-order valence-corrected chi connectivity index (χ2v) is 12.1. The number of sulfonamides is 1. The summed E-state index contributed by atoms with van der Waals surface area (Å²) in [6.45, 7) is 4.71. The molecule has 0 saturated heterocycles. The van der Waals surface area contributed by atoms with Gasteiger partial charge in [-0.1, -0.05) is 74.0 Å². The molecule has 0 aliphatic carbocycles. The molecule has 0 aliphatic rings. The van der Waals surface area contributed by atoms with Crippen LogP contribution in [0.5, 0.6) is 0 Å². The lowest BCUT2D eigenvalue weighted by Gasteiger charge is -2.32. The smallest absolute Gasteiger partial charge is 0.354 e. The highest BCUT2D eigenvalue weighted by Gasteiger charge is 2.36. The van der Waals surface area contributed by atoms with Gasteiger partial charge in [0.1, 0.15) is 12.6 Å². The van der Waals surface area contributed by atoms with Gasteiger partial charge < -0.3 is 10.2 Å². The largest absolute Gasteiger partial charge is 0.416 e. The summed E-state index contributed by atoms with van der Waals surface area (Å²) in [5, 5.41) is 2.46. The van der Waals surface area contributed by atoms with Gasteiger partial charge in [0.15, 0.2) is 0 Å². The van der Waals surface area contributed by atoms with E-state index in [1.165, 1.54) is 36.1 Å². The molecule has 1 unspecified atom stereocenters. The molecule has 2 amide bonds. The number of hydrogen-bond acceptors (Lipinski definition) is 4. The third-order valence-corrected chi connectivity index (χ3v) is 8.29. The van der Waals surface area contributed by atoms with Crippen LogP contribution in [-0.2, 0) is 32.3 Å². The van der Waals surface area contributed by atoms with Crippen molar-refractivity contribution in [2.45, 2.75) is 44.4 Å². The van der Waals surface area contributed by atoms with E-state index in [2.05, 4.69) is 5.32 Å². The highest BCUT2D eigenvalue weighted by molar-refractivity contribution is 7.92. The van der Waals surface area contributed by atoms with Crippen LogP contribution in [0.2, 0.25) is 5.02 Å². The summed E-state index contributed by atoms with van der Waals surface area (Å²) in [6.07, 6.45) is -4.80. The van der Waals surface area contributed by atoms with Gasteiger partial charge in [0.25, 0.3) is 10.0 Å². The Morgan fingerprint density at radius 2 is 1.51 bits per heavy atom. The predicted molar refractivity (Wildman–Crippen MR) is 152 cm³/mol. The number of anilines is 1. The van der Waals surface area contributed by atoms with E-state index < -0.39 is 51.9 Å². The molecule has 220 valence electrons. The first-order valence-electron chi connectivity index (χ1n) is 12.8. The number of carbonyl (C=O) groups excluding carboxylic acids is 2. The molecular weight excluding hydrogens is 579 g/mol. The van der Waals surface area contributed by atoms with E-state index in [0.717, 1.165) is 12.1 Å². The number of rotatable bonds is 11. The van der Waals surface area contributed by atoms with E-state index in [1.54, 1.807) is 36.4 Å². The Hall–Kier alpha value is -3.57. The predicted octanol–water partition coefficient (Wildman–Crippen LogP) is 5.74. The molecule has 0 bridgehead atoms. The molecule has 3 rings (SSSR count). The minimum Gasteiger partial charge on any atom is -0.354 e. The average Bonchev–Trinajstić information content (AvgIpc) is 2.93. The maximum atomic E-state index is 13.9. The van der Waals surface area contributed by atoms with Crippen molar-refractivity contribution >= 4 is 39.1 Å². The molecule has 0 saturated carbocycles. The molecule has 1 N–H and O–H groups in total. The van der Waals surface area contributed by atoms with Crippen molar-refractivity contribution in [3.63, 3.8) is 0 Å². The van der Waals surface area contributed by atoms with Crippen LogP contribution in [0.3, 0.4) is 0 Å². The maximum absolute atomic E-state index is 13.9. The lowest BCUT2D eigenvalue weighted by atomic mass is 10.1. The van der Waals surface area contributed by atoms with E-state index in [-0.39, 0.29) is 22.4 Å². The summed E-state index contributed by atoms with van der Waals surface area (Å²) >= 11 is 6.25. The molecule has 0 aromatic heterocycles. The molecule has 3 aromatic rings. The highest BCUT2D eigenvalue weighted by Crippen LogP contribution is 2.37. The van der Waals surface area contributed by atoms with Gasteiger partial charge in [-0.05, 0) is 48.7 Å². The van der Waals surface area contributed by atoms with E-state index in [1.807, 2.05) is 13.8 Å². The number of carbonyl (C=O) groups is 2. The highest BCUT2D eigenvalue weighted by atomic mass is 35.5. The molecule has 7 nitrogen and oxygen atoms in total. The zero-order chi connectivity index (χ0) is 30.4. The van der Waals surface area contributed by atoms with E-state index in [4.69, 9.17) is 11.6 Å². The molecule has 3 aromatic carbocycles. The van der Waals surface area contributed by atoms with Crippen LogP contribution in [0.25, 0.3) is 0 Å². The van der Waals surface area contributed by atoms with Gasteiger partial charge >= 0.3 is 6.18 Å². The third kappa shape index (κ3) is 8.23. The number of nitrogens with zero attached hydrogens (tertiary/aromatic N) is 2. The van der Waals surface area contributed by atoms with Crippen LogP contribution in [0, 0.1) is 5.92 Å². The molecule has 0 heterocycles. The van der Waals surface area contributed by atoms with Gasteiger partial charge in [-0.2, -0.15) is 13.2 Å². The minimum absolute atomic E-state index is 0.0501. The zero-order valence-electron chi connectivity index (χ0n) is 22.7. The lowest BCUT2D eigenvalue weighted by molar-refractivity contribution is -0.139. The van der Waals surface area contributed by atoms with Crippen molar-refractivity contribution in [2.75, 3.05) is 17.4 Å². The summed E-state index contributed by atoms with van der Waals surface area (Å²) in [5.41, 5.74) is -0.991. The van der Waals surface area contributed by atoms with E-state index >= 15 is 0 Å². The van der Waals surface area contributed by atoms with Crippen molar-refractivity contribution < 1.29 is 31.2 Å². The fourth-order valence-electron chi connectivity index (χ4n) is 3.93. The van der Waals surface area contributed by atoms with Crippen molar-refractivity contribution in [1.29, 1.82) is 0 Å². The van der Waals surface area contributed by atoms with Crippen LogP contribution in [0.1, 0.15) is 31.9 Å². The van der Waals surface area contributed by atoms with Gasteiger partial charge in [0.2, 0.25) is 11.8 Å². The second kappa shape index (κ2) is 13.4. The first kappa shape index (κ1) is 32.0. The Morgan fingerprint density at radius 1 is 0.927 bits per heavy atom. The minimum atomic E-state index is -4.80. The number of hydrogen-bond donors (Lipinski definition) is 1. The summed E-state index contributed by atoms with van der Waals surface area (Å²) in [7, 11) is -4.57. The summed E-state index contributed by atoms with van der Waals surface area (Å²) in [6, 6.07) is 17.0. The Kier molecular flexibility index (Phi) is 10.4. The van der Waals surface area contributed by atoms with Crippen LogP contribution in [0.15, 0.2) is 83.8 Å². The van der Waals surface area contributed by atoms with Crippen LogP contribution >= 0.6 is 11.6 Å². The van der Waals surface area contributed by atoms with Crippen LogP contribution < -0.4 is 9.62 Å².